The first-order valence-corrected chi connectivity index (χ1v) is 5.99. The molecule has 0 fully saturated rings. The Kier molecular flexibility index (Phi) is 3.80. The third-order valence-electron chi connectivity index (χ3n) is 2.40. The fraction of sp³-hybridized carbons (Fsp3) is 0.0769. The fourth-order valence-electron chi connectivity index (χ4n) is 1.53. The van der Waals surface area contributed by atoms with Gasteiger partial charge in [-0.3, -0.25) is 4.98 Å². The lowest BCUT2D eigenvalue weighted by Gasteiger charge is -2.13. The van der Waals surface area contributed by atoms with Gasteiger partial charge in [-0.25, -0.2) is 0 Å². The van der Waals surface area contributed by atoms with Crippen LogP contribution in [0.5, 0.6) is 5.75 Å². The Balaban J connectivity index is 2.46. The maximum atomic E-state index is 9.12. The number of aromatic nitrogens is 1. The zero-order valence-corrected chi connectivity index (χ0v) is 11.2. The number of hydrogen-bond acceptors (Lipinski definition) is 4. The summed E-state index contributed by atoms with van der Waals surface area (Å²) in [6, 6.07) is 9.28. The number of halogens is 1. The monoisotopic (exact) mass is 303 g/mol. The van der Waals surface area contributed by atoms with Gasteiger partial charge in [0, 0.05) is 12.4 Å². The van der Waals surface area contributed by atoms with Gasteiger partial charge in [-0.15, -0.1) is 0 Å². The maximum Gasteiger partial charge on any atom is 0.143 e. The van der Waals surface area contributed by atoms with Crippen molar-refractivity contribution in [3.63, 3.8) is 0 Å². The van der Waals surface area contributed by atoms with Gasteiger partial charge in [0.15, 0.2) is 0 Å². The topological polar surface area (TPSA) is 57.9 Å². The number of pyridine rings is 1. The second-order valence-corrected chi connectivity index (χ2v) is 4.33. The Morgan fingerprint density at radius 3 is 2.89 bits per heavy atom. The van der Waals surface area contributed by atoms with E-state index in [4.69, 9.17) is 10.00 Å². The molecule has 4 nitrogen and oxygen atoms in total. The van der Waals surface area contributed by atoms with Crippen molar-refractivity contribution in [1.82, 2.24) is 4.98 Å². The number of nitrogens with zero attached hydrogens (tertiary/aromatic N) is 2. The van der Waals surface area contributed by atoms with Crippen molar-refractivity contribution in [2.24, 2.45) is 0 Å². The SMILES string of the molecule is COc1cccc(C#N)c1Nc1ccncc1Br. The van der Waals surface area contributed by atoms with E-state index in [0.717, 1.165) is 10.2 Å². The van der Waals surface area contributed by atoms with E-state index in [0.29, 0.717) is 17.0 Å². The number of nitrogens with one attached hydrogen (secondary N) is 1. The van der Waals surface area contributed by atoms with Crippen LogP contribution >= 0.6 is 15.9 Å². The molecule has 0 spiro atoms. The smallest absolute Gasteiger partial charge is 0.143 e. The number of rotatable bonds is 3. The van der Waals surface area contributed by atoms with Gasteiger partial charge >= 0.3 is 0 Å². The number of ether oxygens (including phenoxy) is 1. The van der Waals surface area contributed by atoms with Crippen LogP contribution in [-0.4, -0.2) is 12.1 Å². The Morgan fingerprint density at radius 1 is 1.39 bits per heavy atom. The van der Waals surface area contributed by atoms with Gasteiger partial charge in [-0.2, -0.15) is 5.26 Å². The lowest BCUT2D eigenvalue weighted by molar-refractivity contribution is 0.416. The van der Waals surface area contributed by atoms with Crippen molar-refractivity contribution in [3.8, 4) is 11.8 Å². The number of benzene rings is 1. The number of hydrogen-bond donors (Lipinski definition) is 1. The number of methoxy groups -OCH3 is 1. The first-order valence-electron chi connectivity index (χ1n) is 5.20. The van der Waals surface area contributed by atoms with Crippen LogP contribution < -0.4 is 10.1 Å². The summed E-state index contributed by atoms with van der Waals surface area (Å²) in [5.41, 5.74) is 2.00. The minimum atomic E-state index is 0.526. The van der Waals surface area contributed by atoms with Crippen LogP contribution in [0.25, 0.3) is 0 Å². The van der Waals surface area contributed by atoms with E-state index in [1.54, 1.807) is 37.7 Å². The van der Waals surface area contributed by atoms with Gasteiger partial charge in [-0.05, 0) is 34.1 Å². The summed E-state index contributed by atoms with van der Waals surface area (Å²) in [4.78, 5) is 3.99. The standard InChI is InChI=1S/C13H10BrN3O/c1-18-12-4-2-3-9(7-15)13(12)17-11-5-6-16-8-10(11)14/h2-6,8H,1H3,(H,16,17). The zero-order chi connectivity index (χ0) is 13.0. The minimum Gasteiger partial charge on any atom is -0.495 e. The summed E-state index contributed by atoms with van der Waals surface area (Å²) in [6.07, 6.45) is 3.36. The lowest BCUT2D eigenvalue weighted by atomic mass is 10.1. The van der Waals surface area contributed by atoms with Gasteiger partial charge in [0.2, 0.25) is 0 Å². The number of para-hydroxylation sites is 1. The summed E-state index contributed by atoms with van der Waals surface area (Å²) in [6.45, 7) is 0. The highest BCUT2D eigenvalue weighted by atomic mass is 79.9. The van der Waals surface area contributed by atoms with Crippen molar-refractivity contribution in [3.05, 3.63) is 46.7 Å². The normalized spacial score (nSPS) is 9.61. The Morgan fingerprint density at radius 2 is 2.22 bits per heavy atom. The van der Waals surface area contributed by atoms with E-state index >= 15 is 0 Å². The quantitative estimate of drug-likeness (QED) is 0.943. The number of anilines is 2. The second kappa shape index (κ2) is 5.52. The van der Waals surface area contributed by atoms with Crippen LogP contribution in [-0.2, 0) is 0 Å². The Hall–Kier alpha value is -2.06. The third-order valence-corrected chi connectivity index (χ3v) is 3.03. The van der Waals surface area contributed by atoms with Gasteiger partial charge < -0.3 is 10.1 Å². The summed E-state index contributed by atoms with van der Waals surface area (Å²) >= 11 is 3.40. The molecule has 1 N–H and O–H groups in total. The van der Waals surface area contributed by atoms with Crippen molar-refractivity contribution in [1.29, 1.82) is 5.26 Å². The molecule has 0 amide bonds. The lowest BCUT2D eigenvalue weighted by Crippen LogP contribution is -1.98. The molecule has 0 saturated carbocycles. The molecule has 2 aromatic rings. The molecule has 1 aromatic carbocycles. The number of nitriles is 1. The molecule has 18 heavy (non-hydrogen) atoms. The molecular weight excluding hydrogens is 294 g/mol. The molecule has 0 aliphatic carbocycles. The van der Waals surface area contributed by atoms with Crippen LogP contribution in [0.3, 0.4) is 0 Å². The van der Waals surface area contributed by atoms with Gasteiger partial charge in [0.05, 0.1) is 28.5 Å². The first kappa shape index (κ1) is 12.4. The zero-order valence-electron chi connectivity index (χ0n) is 9.64. The summed E-state index contributed by atoms with van der Waals surface area (Å²) in [7, 11) is 1.57. The highest BCUT2D eigenvalue weighted by molar-refractivity contribution is 9.10. The molecule has 0 aliphatic rings. The first-order chi connectivity index (χ1) is 8.76. The van der Waals surface area contributed by atoms with E-state index in [-0.39, 0.29) is 0 Å². The van der Waals surface area contributed by atoms with E-state index in [2.05, 4.69) is 32.3 Å². The molecule has 0 unspecified atom stereocenters. The van der Waals surface area contributed by atoms with E-state index in [9.17, 15) is 0 Å². The van der Waals surface area contributed by atoms with Crippen molar-refractivity contribution in [2.75, 3.05) is 12.4 Å². The predicted molar refractivity (Wildman–Crippen MR) is 72.9 cm³/mol. The highest BCUT2D eigenvalue weighted by Gasteiger charge is 2.10. The molecular formula is C13H10BrN3O. The summed E-state index contributed by atoms with van der Waals surface area (Å²) < 4.78 is 6.07. The van der Waals surface area contributed by atoms with E-state index in [1.165, 1.54) is 0 Å². The third kappa shape index (κ3) is 2.44. The Labute approximate surface area is 113 Å². The summed E-state index contributed by atoms with van der Waals surface area (Å²) in [5, 5.41) is 12.3. The molecule has 5 heteroatoms. The highest BCUT2D eigenvalue weighted by Crippen LogP contribution is 2.33. The minimum absolute atomic E-state index is 0.526. The molecule has 0 atom stereocenters. The average Bonchev–Trinajstić information content (AvgIpc) is 2.41. The molecule has 1 aromatic heterocycles. The molecule has 1 heterocycles. The average molecular weight is 304 g/mol. The second-order valence-electron chi connectivity index (χ2n) is 3.48. The van der Waals surface area contributed by atoms with Gasteiger partial charge in [0.25, 0.3) is 0 Å². The van der Waals surface area contributed by atoms with E-state index in [1.807, 2.05) is 6.07 Å². The van der Waals surface area contributed by atoms with Gasteiger partial charge in [-0.1, -0.05) is 6.07 Å². The molecule has 0 saturated heterocycles. The van der Waals surface area contributed by atoms with Crippen molar-refractivity contribution < 1.29 is 4.74 Å². The fourth-order valence-corrected chi connectivity index (χ4v) is 1.88. The van der Waals surface area contributed by atoms with E-state index < -0.39 is 0 Å². The van der Waals surface area contributed by atoms with Crippen LogP contribution in [0.15, 0.2) is 41.1 Å². The van der Waals surface area contributed by atoms with Crippen LogP contribution in [0.2, 0.25) is 0 Å². The maximum absolute atomic E-state index is 9.12. The Bertz CT molecular complexity index is 607. The van der Waals surface area contributed by atoms with Crippen LogP contribution in [0.1, 0.15) is 5.56 Å². The molecule has 0 aliphatic heterocycles. The molecule has 0 bridgehead atoms. The van der Waals surface area contributed by atoms with Crippen LogP contribution in [0.4, 0.5) is 11.4 Å². The van der Waals surface area contributed by atoms with Crippen molar-refractivity contribution in [2.45, 2.75) is 0 Å². The summed E-state index contributed by atoms with van der Waals surface area (Å²) in [5.74, 6) is 0.623. The molecule has 0 radical (unpaired) electrons. The molecule has 90 valence electrons. The largest absolute Gasteiger partial charge is 0.495 e. The molecule has 2 rings (SSSR count). The predicted octanol–water partition coefficient (Wildman–Crippen LogP) is 3.47. The van der Waals surface area contributed by atoms with Crippen molar-refractivity contribution >= 4 is 27.3 Å². The van der Waals surface area contributed by atoms with Gasteiger partial charge in [0.1, 0.15) is 11.8 Å². The van der Waals surface area contributed by atoms with Crippen LogP contribution in [0, 0.1) is 11.3 Å².